The van der Waals surface area contributed by atoms with Crippen molar-refractivity contribution in [3.05, 3.63) is 18.3 Å². The van der Waals surface area contributed by atoms with Crippen molar-refractivity contribution in [3.8, 4) is 0 Å². The van der Waals surface area contributed by atoms with E-state index >= 15 is 0 Å². The molecule has 5 heteroatoms. The van der Waals surface area contributed by atoms with E-state index in [1.807, 2.05) is 6.07 Å². The van der Waals surface area contributed by atoms with Gasteiger partial charge in [0.1, 0.15) is 5.03 Å². The number of aromatic nitrogens is 2. The lowest BCUT2D eigenvalue weighted by Crippen LogP contribution is -2.11. The van der Waals surface area contributed by atoms with Crippen molar-refractivity contribution >= 4 is 17.7 Å². The Morgan fingerprint density at radius 2 is 2.54 bits per heavy atom. The van der Waals surface area contributed by atoms with Crippen LogP contribution in [-0.2, 0) is 4.79 Å². The summed E-state index contributed by atoms with van der Waals surface area (Å²) in [5.74, 6) is -0.614. The molecule has 0 spiro atoms. The number of nitrogens with zero attached hydrogens (tertiary/aromatic N) is 2. The molecule has 1 aromatic heterocycles. The highest BCUT2D eigenvalue weighted by molar-refractivity contribution is 7.99. The van der Waals surface area contributed by atoms with Crippen molar-refractivity contribution in [3.63, 3.8) is 0 Å². The Balaban J connectivity index is 2.39. The SMILES string of the molecule is CC(CSc1cccnn1)C(=O)O. The Labute approximate surface area is 80.4 Å². The van der Waals surface area contributed by atoms with E-state index in [2.05, 4.69) is 10.2 Å². The van der Waals surface area contributed by atoms with E-state index in [4.69, 9.17) is 5.11 Å². The Morgan fingerprint density at radius 3 is 3.08 bits per heavy atom. The summed E-state index contributed by atoms with van der Waals surface area (Å²) >= 11 is 1.40. The standard InChI is InChI=1S/C8H10N2O2S/c1-6(8(11)12)5-13-7-3-2-4-9-10-7/h2-4,6H,5H2,1H3,(H,11,12). The maximum atomic E-state index is 10.5. The summed E-state index contributed by atoms with van der Waals surface area (Å²) in [7, 11) is 0. The zero-order valence-electron chi connectivity index (χ0n) is 7.17. The predicted octanol–water partition coefficient (Wildman–Crippen LogP) is 1.29. The molecule has 0 radical (unpaired) electrons. The van der Waals surface area contributed by atoms with Crippen molar-refractivity contribution < 1.29 is 9.90 Å². The third-order valence-corrected chi connectivity index (χ3v) is 2.63. The molecule has 4 nitrogen and oxygen atoms in total. The summed E-state index contributed by atoms with van der Waals surface area (Å²) in [6, 6.07) is 3.59. The maximum absolute atomic E-state index is 10.5. The van der Waals surface area contributed by atoms with Gasteiger partial charge in [-0.3, -0.25) is 4.79 Å². The molecule has 1 rings (SSSR count). The van der Waals surface area contributed by atoms with Gasteiger partial charge >= 0.3 is 5.97 Å². The molecule has 0 fully saturated rings. The first-order valence-electron chi connectivity index (χ1n) is 3.83. The van der Waals surface area contributed by atoms with Crippen LogP contribution in [0.25, 0.3) is 0 Å². The van der Waals surface area contributed by atoms with Crippen molar-refractivity contribution in [2.45, 2.75) is 11.9 Å². The molecule has 1 unspecified atom stereocenters. The maximum Gasteiger partial charge on any atom is 0.307 e. The minimum atomic E-state index is -0.781. The van der Waals surface area contributed by atoms with Crippen molar-refractivity contribution in [2.75, 3.05) is 5.75 Å². The third-order valence-electron chi connectivity index (χ3n) is 1.45. The molecule has 0 saturated carbocycles. The van der Waals surface area contributed by atoms with E-state index in [-0.39, 0.29) is 5.92 Å². The minimum absolute atomic E-state index is 0.355. The van der Waals surface area contributed by atoms with Gasteiger partial charge in [0, 0.05) is 11.9 Å². The summed E-state index contributed by atoms with van der Waals surface area (Å²) in [5.41, 5.74) is 0. The van der Waals surface area contributed by atoms with Gasteiger partial charge in [-0.25, -0.2) is 0 Å². The first kappa shape index (κ1) is 9.98. The zero-order valence-corrected chi connectivity index (χ0v) is 7.99. The average Bonchev–Trinajstić information content (AvgIpc) is 2.15. The van der Waals surface area contributed by atoms with Gasteiger partial charge in [0.25, 0.3) is 0 Å². The molecule has 0 bridgehead atoms. The third kappa shape index (κ3) is 3.42. The van der Waals surface area contributed by atoms with Gasteiger partial charge < -0.3 is 5.11 Å². The monoisotopic (exact) mass is 198 g/mol. The topological polar surface area (TPSA) is 63.1 Å². The molecular weight excluding hydrogens is 188 g/mol. The van der Waals surface area contributed by atoms with Crippen molar-refractivity contribution in [1.82, 2.24) is 10.2 Å². The number of thioether (sulfide) groups is 1. The number of hydrogen-bond acceptors (Lipinski definition) is 4. The van der Waals surface area contributed by atoms with E-state index in [0.29, 0.717) is 5.75 Å². The predicted molar refractivity (Wildman–Crippen MR) is 49.6 cm³/mol. The smallest absolute Gasteiger partial charge is 0.307 e. The highest BCUT2D eigenvalue weighted by atomic mass is 32.2. The number of carboxylic acid groups (broad SMARTS) is 1. The molecule has 1 atom stereocenters. The largest absolute Gasteiger partial charge is 0.481 e. The molecule has 0 aromatic carbocycles. The van der Waals surface area contributed by atoms with Crippen LogP contribution < -0.4 is 0 Å². The molecule has 1 heterocycles. The molecule has 13 heavy (non-hydrogen) atoms. The van der Waals surface area contributed by atoms with E-state index in [1.54, 1.807) is 19.2 Å². The van der Waals surface area contributed by atoms with E-state index in [0.717, 1.165) is 5.03 Å². The Morgan fingerprint density at radius 1 is 1.77 bits per heavy atom. The first-order valence-corrected chi connectivity index (χ1v) is 4.82. The quantitative estimate of drug-likeness (QED) is 0.738. The number of hydrogen-bond donors (Lipinski definition) is 1. The van der Waals surface area contributed by atoms with Gasteiger partial charge in [-0.2, -0.15) is 5.10 Å². The molecule has 70 valence electrons. The van der Waals surface area contributed by atoms with Crippen LogP contribution in [0.15, 0.2) is 23.4 Å². The molecule has 0 aliphatic heterocycles. The summed E-state index contributed by atoms with van der Waals surface area (Å²) in [6.45, 7) is 1.67. The van der Waals surface area contributed by atoms with Gasteiger partial charge in [0.15, 0.2) is 0 Å². The van der Waals surface area contributed by atoms with Gasteiger partial charge in [-0.1, -0.05) is 6.92 Å². The van der Waals surface area contributed by atoms with E-state index in [1.165, 1.54) is 11.8 Å². The van der Waals surface area contributed by atoms with Gasteiger partial charge in [0.2, 0.25) is 0 Å². The second-order valence-electron chi connectivity index (χ2n) is 2.61. The first-order chi connectivity index (χ1) is 6.20. The lowest BCUT2D eigenvalue weighted by Gasteiger charge is -2.03. The van der Waals surface area contributed by atoms with E-state index < -0.39 is 5.97 Å². The number of aliphatic carboxylic acids is 1. The molecule has 0 aliphatic carbocycles. The molecule has 0 aliphatic rings. The van der Waals surface area contributed by atoms with Crippen LogP contribution in [0, 0.1) is 5.92 Å². The van der Waals surface area contributed by atoms with Crippen LogP contribution in [0.2, 0.25) is 0 Å². The molecule has 1 N–H and O–H groups in total. The fraction of sp³-hybridized carbons (Fsp3) is 0.375. The summed E-state index contributed by atoms with van der Waals surface area (Å²) < 4.78 is 0. The second kappa shape index (κ2) is 4.81. The van der Waals surface area contributed by atoms with Crippen molar-refractivity contribution in [1.29, 1.82) is 0 Å². The van der Waals surface area contributed by atoms with Gasteiger partial charge in [0.05, 0.1) is 5.92 Å². The van der Waals surface area contributed by atoms with Crippen LogP contribution in [0.1, 0.15) is 6.92 Å². The summed E-state index contributed by atoms with van der Waals surface area (Å²) in [5, 5.41) is 16.9. The van der Waals surface area contributed by atoms with Crippen molar-refractivity contribution in [2.24, 2.45) is 5.92 Å². The zero-order chi connectivity index (χ0) is 9.68. The molecule has 0 amide bonds. The minimum Gasteiger partial charge on any atom is -0.481 e. The molecule has 1 aromatic rings. The van der Waals surface area contributed by atoms with Gasteiger partial charge in [-0.05, 0) is 12.1 Å². The van der Waals surface area contributed by atoms with Crippen LogP contribution in [-0.4, -0.2) is 27.0 Å². The van der Waals surface area contributed by atoms with Crippen LogP contribution in [0.5, 0.6) is 0 Å². The number of rotatable bonds is 4. The van der Waals surface area contributed by atoms with Crippen LogP contribution in [0.3, 0.4) is 0 Å². The number of carbonyl (C=O) groups is 1. The Bertz CT molecular complexity index is 279. The fourth-order valence-electron chi connectivity index (χ4n) is 0.646. The summed E-state index contributed by atoms with van der Waals surface area (Å²) in [6.07, 6.45) is 1.59. The van der Waals surface area contributed by atoms with Crippen LogP contribution in [0.4, 0.5) is 0 Å². The second-order valence-corrected chi connectivity index (χ2v) is 3.65. The highest BCUT2D eigenvalue weighted by Crippen LogP contribution is 2.16. The lowest BCUT2D eigenvalue weighted by atomic mass is 10.2. The summed E-state index contributed by atoms with van der Waals surface area (Å²) in [4.78, 5) is 10.5. The van der Waals surface area contributed by atoms with E-state index in [9.17, 15) is 4.79 Å². The Hall–Kier alpha value is -1.10. The van der Waals surface area contributed by atoms with Gasteiger partial charge in [-0.15, -0.1) is 16.9 Å². The van der Waals surface area contributed by atoms with Crippen LogP contribution >= 0.6 is 11.8 Å². The average molecular weight is 198 g/mol. The highest BCUT2D eigenvalue weighted by Gasteiger charge is 2.11. The Kier molecular flexibility index (Phi) is 3.70. The number of carboxylic acids is 1. The normalized spacial score (nSPS) is 12.4. The molecular formula is C8H10N2O2S. The lowest BCUT2D eigenvalue weighted by molar-refractivity contribution is -0.140. The fourth-order valence-corrected chi connectivity index (χ4v) is 1.49. The molecule has 0 saturated heterocycles.